The van der Waals surface area contributed by atoms with Gasteiger partial charge in [0.2, 0.25) is 0 Å². The van der Waals surface area contributed by atoms with Crippen LogP contribution in [-0.4, -0.2) is 49.2 Å². The van der Waals surface area contributed by atoms with Gasteiger partial charge in [-0.15, -0.1) is 0 Å². The van der Waals surface area contributed by atoms with E-state index in [-0.39, 0.29) is 12.0 Å². The Balaban J connectivity index is 1.93. The fraction of sp³-hybridized carbons (Fsp3) is 0.917. The Morgan fingerprint density at radius 1 is 1.38 bits per heavy atom. The quantitative estimate of drug-likeness (QED) is 0.722. The third-order valence-electron chi connectivity index (χ3n) is 3.59. The van der Waals surface area contributed by atoms with E-state index in [0.717, 1.165) is 26.1 Å². The van der Waals surface area contributed by atoms with Gasteiger partial charge in [-0.25, -0.2) is 0 Å². The molecular weight excluding hydrogens is 204 g/mol. The summed E-state index contributed by atoms with van der Waals surface area (Å²) >= 11 is 0. The number of piperidine rings is 1. The minimum absolute atomic E-state index is 0.0735. The van der Waals surface area contributed by atoms with Crippen LogP contribution >= 0.6 is 0 Å². The van der Waals surface area contributed by atoms with Gasteiger partial charge in [0.05, 0.1) is 6.61 Å². The molecule has 0 aromatic rings. The minimum atomic E-state index is -0.0990. The summed E-state index contributed by atoms with van der Waals surface area (Å²) in [7, 11) is 0. The van der Waals surface area contributed by atoms with Crippen LogP contribution in [0.5, 0.6) is 0 Å². The van der Waals surface area contributed by atoms with Crippen LogP contribution in [0.2, 0.25) is 0 Å². The lowest BCUT2D eigenvalue weighted by Crippen LogP contribution is -2.50. The summed E-state index contributed by atoms with van der Waals surface area (Å²) in [5, 5.41) is 3.27. The smallest absolute Gasteiger partial charge is 0.324 e. The van der Waals surface area contributed by atoms with Crippen LogP contribution < -0.4 is 5.32 Å². The molecule has 0 aromatic heterocycles. The third-order valence-corrected chi connectivity index (χ3v) is 3.59. The fourth-order valence-corrected chi connectivity index (χ4v) is 2.81. The molecule has 2 heterocycles. The van der Waals surface area contributed by atoms with Gasteiger partial charge < -0.3 is 10.1 Å². The molecular formula is C12H22N2O2. The number of carbonyl (C=O) groups is 1. The van der Waals surface area contributed by atoms with E-state index in [0.29, 0.717) is 12.6 Å². The number of nitrogens with zero attached hydrogens (tertiary/aromatic N) is 1. The number of ether oxygens (including phenoxy) is 1. The Labute approximate surface area is 97.3 Å². The minimum Gasteiger partial charge on any atom is -0.465 e. The maximum atomic E-state index is 11.8. The van der Waals surface area contributed by atoms with Crippen molar-refractivity contribution in [1.29, 1.82) is 0 Å². The van der Waals surface area contributed by atoms with Gasteiger partial charge in [0.15, 0.2) is 0 Å². The van der Waals surface area contributed by atoms with E-state index in [9.17, 15) is 4.79 Å². The van der Waals surface area contributed by atoms with Crippen molar-refractivity contribution in [3.63, 3.8) is 0 Å². The van der Waals surface area contributed by atoms with Gasteiger partial charge in [-0.1, -0.05) is 6.42 Å². The van der Waals surface area contributed by atoms with Crippen molar-refractivity contribution in [2.75, 3.05) is 26.2 Å². The first kappa shape index (κ1) is 11.9. The van der Waals surface area contributed by atoms with Crippen molar-refractivity contribution in [3.05, 3.63) is 0 Å². The van der Waals surface area contributed by atoms with Crippen molar-refractivity contribution >= 4 is 5.97 Å². The zero-order chi connectivity index (χ0) is 11.4. The summed E-state index contributed by atoms with van der Waals surface area (Å²) in [6.07, 6.45) is 4.95. The number of carbonyl (C=O) groups excluding carboxylic acids is 1. The molecule has 0 amide bonds. The molecule has 0 aliphatic carbocycles. The zero-order valence-corrected chi connectivity index (χ0v) is 10.1. The molecule has 2 aliphatic rings. The second-order valence-electron chi connectivity index (χ2n) is 4.64. The molecule has 16 heavy (non-hydrogen) atoms. The van der Waals surface area contributed by atoms with Gasteiger partial charge in [0.1, 0.15) is 6.04 Å². The first-order chi connectivity index (χ1) is 7.83. The lowest BCUT2D eigenvalue weighted by molar-refractivity contribution is -0.146. The van der Waals surface area contributed by atoms with E-state index >= 15 is 0 Å². The van der Waals surface area contributed by atoms with Crippen molar-refractivity contribution in [2.24, 2.45) is 0 Å². The summed E-state index contributed by atoms with van der Waals surface area (Å²) in [4.78, 5) is 14.3. The summed E-state index contributed by atoms with van der Waals surface area (Å²) in [5.74, 6) is -0.0735. The second kappa shape index (κ2) is 5.64. The molecule has 2 atom stereocenters. The van der Waals surface area contributed by atoms with E-state index in [4.69, 9.17) is 4.74 Å². The number of rotatable bonds is 3. The first-order valence-electron chi connectivity index (χ1n) is 6.47. The highest BCUT2D eigenvalue weighted by Crippen LogP contribution is 2.20. The Kier molecular flexibility index (Phi) is 4.18. The predicted octanol–water partition coefficient (Wildman–Crippen LogP) is 0.766. The van der Waals surface area contributed by atoms with Crippen molar-refractivity contribution in [3.8, 4) is 0 Å². The maximum absolute atomic E-state index is 11.8. The molecule has 4 heteroatoms. The predicted molar refractivity (Wildman–Crippen MR) is 62.3 cm³/mol. The van der Waals surface area contributed by atoms with Gasteiger partial charge in [-0.05, 0) is 45.8 Å². The van der Waals surface area contributed by atoms with Crippen molar-refractivity contribution in [1.82, 2.24) is 10.2 Å². The number of nitrogens with one attached hydrogen (secondary N) is 1. The Morgan fingerprint density at radius 3 is 2.81 bits per heavy atom. The van der Waals surface area contributed by atoms with Crippen LogP contribution in [0.1, 0.15) is 32.6 Å². The first-order valence-corrected chi connectivity index (χ1v) is 6.47. The van der Waals surface area contributed by atoms with Crippen LogP contribution in [0.4, 0.5) is 0 Å². The molecule has 0 spiro atoms. The van der Waals surface area contributed by atoms with Gasteiger partial charge in [-0.3, -0.25) is 9.69 Å². The second-order valence-corrected chi connectivity index (χ2v) is 4.64. The van der Waals surface area contributed by atoms with Crippen LogP contribution in [0, 0.1) is 0 Å². The zero-order valence-electron chi connectivity index (χ0n) is 10.1. The van der Waals surface area contributed by atoms with Gasteiger partial charge in [-0.2, -0.15) is 0 Å². The number of hydrogen-bond acceptors (Lipinski definition) is 4. The maximum Gasteiger partial charge on any atom is 0.324 e. The number of esters is 1. The van der Waals surface area contributed by atoms with Crippen LogP contribution in [0.15, 0.2) is 0 Å². The Bertz CT molecular complexity index is 239. The van der Waals surface area contributed by atoms with E-state index in [2.05, 4.69) is 10.2 Å². The summed E-state index contributed by atoms with van der Waals surface area (Å²) in [6, 6.07) is 0.261. The molecule has 0 bridgehead atoms. The topological polar surface area (TPSA) is 41.6 Å². The third kappa shape index (κ3) is 2.55. The largest absolute Gasteiger partial charge is 0.465 e. The molecule has 2 unspecified atom stereocenters. The van der Waals surface area contributed by atoms with Crippen LogP contribution in [0.25, 0.3) is 0 Å². The fourth-order valence-electron chi connectivity index (χ4n) is 2.81. The van der Waals surface area contributed by atoms with Crippen molar-refractivity contribution in [2.45, 2.75) is 44.7 Å². The lowest BCUT2D eigenvalue weighted by atomic mass is 10.0. The molecule has 4 nitrogen and oxygen atoms in total. The molecule has 2 rings (SSSR count). The molecule has 2 fully saturated rings. The number of hydrogen-bond donors (Lipinski definition) is 1. The highest BCUT2D eigenvalue weighted by atomic mass is 16.5. The van der Waals surface area contributed by atoms with E-state index in [1.54, 1.807) is 0 Å². The molecule has 2 aliphatic heterocycles. The molecule has 0 aromatic carbocycles. The summed E-state index contributed by atoms with van der Waals surface area (Å²) < 4.78 is 5.12. The van der Waals surface area contributed by atoms with E-state index in [1.807, 2.05) is 6.92 Å². The summed E-state index contributed by atoms with van der Waals surface area (Å²) in [5.41, 5.74) is 0. The lowest BCUT2D eigenvalue weighted by Gasteiger charge is -2.34. The van der Waals surface area contributed by atoms with E-state index in [1.165, 1.54) is 19.3 Å². The van der Waals surface area contributed by atoms with Crippen LogP contribution in [-0.2, 0) is 9.53 Å². The summed E-state index contributed by atoms with van der Waals surface area (Å²) in [6.45, 7) is 5.56. The molecule has 0 radical (unpaired) electrons. The Morgan fingerprint density at radius 2 is 2.12 bits per heavy atom. The number of likely N-dealkylation sites (tertiary alicyclic amines) is 1. The Hall–Kier alpha value is -0.610. The molecule has 0 saturated carbocycles. The highest BCUT2D eigenvalue weighted by molar-refractivity contribution is 5.77. The van der Waals surface area contributed by atoms with Crippen molar-refractivity contribution < 1.29 is 9.53 Å². The van der Waals surface area contributed by atoms with Gasteiger partial charge >= 0.3 is 5.97 Å². The normalized spacial score (nSPS) is 31.6. The van der Waals surface area contributed by atoms with Gasteiger partial charge in [0.25, 0.3) is 0 Å². The average Bonchev–Trinajstić information content (AvgIpc) is 2.79. The monoisotopic (exact) mass is 226 g/mol. The average molecular weight is 226 g/mol. The van der Waals surface area contributed by atoms with Crippen LogP contribution in [0.3, 0.4) is 0 Å². The molecule has 1 N–H and O–H groups in total. The van der Waals surface area contributed by atoms with E-state index < -0.39 is 0 Å². The van der Waals surface area contributed by atoms with Gasteiger partial charge in [0, 0.05) is 6.04 Å². The SMILES string of the molecule is CCOC(=O)C1NCCC1N1CCCCC1. The molecule has 92 valence electrons. The highest BCUT2D eigenvalue weighted by Gasteiger charge is 2.37. The standard InChI is InChI=1S/C12H22N2O2/c1-2-16-12(15)11-10(6-7-13-11)14-8-4-3-5-9-14/h10-11,13H,2-9H2,1H3. The molecule has 2 saturated heterocycles.